The summed E-state index contributed by atoms with van der Waals surface area (Å²) in [6, 6.07) is 0. The van der Waals surface area contributed by atoms with Gasteiger partial charge in [0.1, 0.15) is 0 Å². The van der Waals surface area contributed by atoms with Crippen molar-refractivity contribution in [3.63, 3.8) is 0 Å². The Morgan fingerprint density at radius 1 is 1.56 bits per heavy atom. The molecule has 16 heavy (non-hydrogen) atoms. The van der Waals surface area contributed by atoms with Gasteiger partial charge in [0.15, 0.2) is 6.29 Å². The molecular formula is C13H23BrO2. The van der Waals surface area contributed by atoms with E-state index in [1.807, 2.05) is 6.08 Å². The van der Waals surface area contributed by atoms with Crippen molar-refractivity contribution in [3.8, 4) is 0 Å². The minimum Gasteiger partial charge on any atom is -0.351 e. The van der Waals surface area contributed by atoms with Crippen molar-refractivity contribution in [2.75, 3.05) is 6.61 Å². The fourth-order valence-corrected chi connectivity index (χ4v) is 2.45. The van der Waals surface area contributed by atoms with E-state index >= 15 is 0 Å². The standard InChI is InChI=1S/C13H23BrO2/c1-3-5-6-8-11(4-2)16-13-12(14)9-7-10-15-13/h4,11-13H,2-3,5-10H2,1H3/t11?,12-,13+/m0/s1. The van der Waals surface area contributed by atoms with Crippen LogP contribution in [0.4, 0.5) is 0 Å². The predicted octanol–water partition coefficient (Wildman–Crippen LogP) is 4.04. The Morgan fingerprint density at radius 3 is 3.00 bits per heavy atom. The number of unbranched alkanes of at least 4 members (excludes halogenated alkanes) is 2. The Balaban J connectivity index is 2.27. The number of rotatable bonds is 7. The SMILES string of the molecule is C=CC(CCCCC)O[C@H]1OCCC[C@@H]1Br. The Kier molecular flexibility index (Phi) is 7.33. The fourth-order valence-electron chi connectivity index (χ4n) is 1.85. The number of alkyl halides is 1. The minimum absolute atomic E-state index is 0.0987. The predicted molar refractivity (Wildman–Crippen MR) is 70.9 cm³/mol. The van der Waals surface area contributed by atoms with E-state index in [-0.39, 0.29) is 12.4 Å². The van der Waals surface area contributed by atoms with E-state index in [0.29, 0.717) is 4.83 Å². The molecule has 0 aliphatic carbocycles. The first-order valence-electron chi connectivity index (χ1n) is 6.31. The molecule has 1 saturated heterocycles. The summed E-state index contributed by atoms with van der Waals surface area (Å²) in [5.74, 6) is 0. The van der Waals surface area contributed by atoms with Gasteiger partial charge in [-0.2, -0.15) is 0 Å². The van der Waals surface area contributed by atoms with Crippen molar-refractivity contribution >= 4 is 15.9 Å². The normalized spacial score (nSPS) is 27.6. The van der Waals surface area contributed by atoms with Crippen molar-refractivity contribution in [1.82, 2.24) is 0 Å². The summed E-state index contributed by atoms with van der Waals surface area (Å²) in [4.78, 5) is 0.329. The second-order valence-corrected chi connectivity index (χ2v) is 5.48. The van der Waals surface area contributed by atoms with Gasteiger partial charge in [0.05, 0.1) is 10.9 Å². The number of halogens is 1. The fraction of sp³-hybridized carbons (Fsp3) is 0.846. The molecule has 0 bridgehead atoms. The summed E-state index contributed by atoms with van der Waals surface area (Å²) in [5, 5.41) is 0. The van der Waals surface area contributed by atoms with Crippen LogP contribution >= 0.6 is 15.9 Å². The monoisotopic (exact) mass is 290 g/mol. The zero-order valence-corrected chi connectivity index (χ0v) is 11.7. The summed E-state index contributed by atoms with van der Waals surface area (Å²) >= 11 is 3.61. The van der Waals surface area contributed by atoms with E-state index in [1.165, 1.54) is 19.3 Å². The van der Waals surface area contributed by atoms with E-state index < -0.39 is 0 Å². The molecule has 1 fully saturated rings. The van der Waals surface area contributed by atoms with Gasteiger partial charge in [0.2, 0.25) is 0 Å². The van der Waals surface area contributed by atoms with Crippen LogP contribution < -0.4 is 0 Å². The highest BCUT2D eigenvalue weighted by atomic mass is 79.9. The summed E-state index contributed by atoms with van der Waals surface area (Å²) in [6.07, 6.45) is 8.93. The highest BCUT2D eigenvalue weighted by Gasteiger charge is 2.26. The number of hydrogen-bond donors (Lipinski definition) is 0. The zero-order chi connectivity index (χ0) is 11.8. The molecule has 0 N–H and O–H groups in total. The Labute approximate surface area is 108 Å². The van der Waals surface area contributed by atoms with E-state index in [0.717, 1.165) is 25.9 Å². The molecule has 3 atom stereocenters. The van der Waals surface area contributed by atoms with Gasteiger partial charge < -0.3 is 9.47 Å². The number of hydrogen-bond acceptors (Lipinski definition) is 2. The summed E-state index contributed by atoms with van der Waals surface area (Å²) < 4.78 is 11.5. The van der Waals surface area contributed by atoms with Crippen LogP contribution in [0.5, 0.6) is 0 Å². The molecule has 1 aliphatic rings. The first-order chi connectivity index (χ1) is 7.77. The largest absolute Gasteiger partial charge is 0.351 e. The van der Waals surface area contributed by atoms with Crippen LogP contribution in [-0.2, 0) is 9.47 Å². The van der Waals surface area contributed by atoms with E-state index in [4.69, 9.17) is 9.47 Å². The van der Waals surface area contributed by atoms with Crippen molar-refractivity contribution in [1.29, 1.82) is 0 Å². The van der Waals surface area contributed by atoms with Crippen LogP contribution in [0.15, 0.2) is 12.7 Å². The lowest BCUT2D eigenvalue weighted by Gasteiger charge is -2.30. The quantitative estimate of drug-likeness (QED) is 0.400. The number of ether oxygens (including phenoxy) is 2. The smallest absolute Gasteiger partial charge is 0.170 e. The van der Waals surface area contributed by atoms with Gasteiger partial charge in [0, 0.05) is 6.61 Å². The van der Waals surface area contributed by atoms with Gasteiger partial charge in [-0.05, 0) is 19.3 Å². The van der Waals surface area contributed by atoms with Crippen molar-refractivity contribution in [2.24, 2.45) is 0 Å². The molecule has 0 spiro atoms. The van der Waals surface area contributed by atoms with Crippen LogP contribution in [0.3, 0.4) is 0 Å². The van der Waals surface area contributed by atoms with Crippen molar-refractivity contribution in [3.05, 3.63) is 12.7 Å². The van der Waals surface area contributed by atoms with E-state index in [2.05, 4.69) is 29.4 Å². The van der Waals surface area contributed by atoms with Gasteiger partial charge in [-0.15, -0.1) is 6.58 Å². The summed E-state index contributed by atoms with van der Waals surface area (Å²) in [5.41, 5.74) is 0. The molecule has 1 unspecified atom stereocenters. The first-order valence-corrected chi connectivity index (χ1v) is 7.23. The van der Waals surface area contributed by atoms with Crippen molar-refractivity contribution in [2.45, 2.75) is 62.7 Å². The lowest BCUT2D eigenvalue weighted by Crippen LogP contribution is -2.35. The molecule has 0 saturated carbocycles. The zero-order valence-electron chi connectivity index (χ0n) is 10.2. The lowest BCUT2D eigenvalue weighted by atomic mass is 10.1. The molecule has 0 aromatic rings. The molecule has 2 nitrogen and oxygen atoms in total. The topological polar surface area (TPSA) is 18.5 Å². The second-order valence-electron chi connectivity index (χ2n) is 4.30. The van der Waals surface area contributed by atoms with Crippen molar-refractivity contribution < 1.29 is 9.47 Å². The average Bonchev–Trinajstić information content (AvgIpc) is 2.30. The third-order valence-electron chi connectivity index (χ3n) is 2.87. The molecule has 1 rings (SSSR count). The molecule has 0 aromatic heterocycles. The van der Waals surface area contributed by atoms with Crippen LogP contribution in [0.25, 0.3) is 0 Å². The molecule has 1 aliphatic heterocycles. The van der Waals surface area contributed by atoms with Crippen LogP contribution in [-0.4, -0.2) is 23.8 Å². The summed E-state index contributed by atoms with van der Waals surface area (Å²) in [6.45, 7) is 6.86. The Hall–Kier alpha value is 0.140. The molecule has 0 aromatic carbocycles. The Bertz CT molecular complexity index is 196. The first kappa shape index (κ1) is 14.2. The van der Waals surface area contributed by atoms with Gasteiger partial charge in [-0.1, -0.05) is 48.2 Å². The Morgan fingerprint density at radius 2 is 2.38 bits per heavy atom. The minimum atomic E-state index is -0.0987. The maximum atomic E-state index is 5.91. The maximum Gasteiger partial charge on any atom is 0.170 e. The summed E-state index contributed by atoms with van der Waals surface area (Å²) in [7, 11) is 0. The van der Waals surface area contributed by atoms with Crippen LogP contribution in [0.1, 0.15) is 45.4 Å². The molecule has 3 heteroatoms. The maximum absolute atomic E-state index is 5.91. The lowest BCUT2D eigenvalue weighted by molar-refractivity contribution is -0.174. The third kappa shape index (κ3) is 4.98. The van der Waals surface area contributed by atoms with Crippen LogP contribution in [0, 0.1) is 0 Å². The van der Waals surface area contributed by atoms with Gasteiger partial charge >= 0.3 is 0 Å². The molecular weight excluding hydrogens is 268 g/mol. The molecule has 0 amide bonds. The average molecular weight is 291 g/mol. The molecule has 0 radical (unpaired) electrons. The third-order valence-corrected chi connectivity index (χ3v) is 3.76. The van der Waals surface area contributed by atoms with Gasteiger partial charge in [0.25, 0.3) is 0 Å². The molecule has 1 heterocycles. The highest BCUT2D eigenvalue weighted by Crippen LogP contribution is 2.24. The van der Waals surface area contributed by atoms with Gasteiger partial charge in [-0.25, -0.2) is 0 Å². The van der Waals surface area contributed by atoms with Gasteiger partial charge in [-0.3, -0.25) is 0 Å². The van der Waals surface area contributed by atoms with E-state index in [1.54, 1.807) is 0 Å². The second kappa shape index (κ2) is 8.26. The highest BCUT2D eigenvalue weighted by molar-refractivity contribution is 9.09. The van der Waals surface area contributed by atoms with E-state index in [9.17, 15) is 0 Å². The molecule has 94 valence electrons. The van der Waals surface area contributed by atoms with Crippen LogP contribution in [0.2, 0.25) is 0 Å².